The molecule has 1 amide bonds. The van der Waals surface area contributed by atoms with Crippen molar-refractivity contribution >= 4 is 39.4 Å². The van der Waals surface area contributed by atoms with Crippen LogP contribution in [0.15, 0.2) is 52.0 Å². The molecule has 0 radical (unpaired) electrons. The van der Waals surface area contributed by atoms with E-state index in [2.05, 4.69) is 26.2 Å². The van der Waals surface area contributed by atoms with Crippen LogP contribution < -0.4 is 5.32 Å². The SMILES string of the molecule is Cc1cc(NC(=O)CSc2ccccc2)ncc1Br. The molecule has 0 fully saturated rings. The number of anilines is 1. The van der Waals surface area contributed by atoms with Crippen LogP contribution in [0.5, 0.6) is 0 Å². The fourth-order valence-corrected chi connectivity index (χ4v) is 2.39. The van der Waals surface area contributed by atoms with E-state index >= 15 is 0 Å². The average molecular weight is 337 g/mol. The predicted molar refractivity (Wildman–Crippen MR) is 82.5 cm³/mol. The molecule has 0 aliphatic carbocycles. The highest BCUT2D eigenvalue weighted by molar-refractivity contribution is 9.10. The number of carbonyl (C=O) groups is 1. The summed E-state index contributed by atoms with van der Waals surface area (Å²) < 4.78 is 0.934. The van der Waals surface area contributed by atoms with Gasteiger partial charge in [0.2, 0.25) is 5.91 Å². The van der Waals surface area contributed by atoms with Crippen LogP contribution in [0.1, 0.15) is 5.56 Å². The summed E-state index contributed by atoms with van der Waals surface area (Å²) in [6, 6.07) is 11.7. The number of pyridine rings is 1. The molecule has 1 N–H and O–H groups in total. The van der Waals surface area contributed by atoms with E-state index in [0.717, 1.165) is 14.9 Å². The molecule has 0 saturated carbocycles. The van der Waals surface area contributed by atoms with Gasteiger partial charge in [-0.05, 0) is 46.6 Å². The Labute approximate surface area is 125 Å². The number of carbonyl (C=O) groups excluding carboxylic acids is 1. The van der Waals surface area contributed by atoms with Gasteiger partial charge >= 0.3 is 0 Å². The number of rotatable bonds is 4. The monoisotopic (exact) mass is 336 g/mol. The fraction of sp³-hybridized carbons (Fsp3) is 0.143. The second-order valence-corrected chi connectivity index (χ2v) is 5.87. The van der Waals surface area contributed by atoms with Crippen molar-refractivity contribution in [2.45, 2.75) is 11.8 Å². The summed E-state index contributed by atoms with van der Waals surface area (Å²) >= 11 is 4.88. The topological polar surface area (TPSA) is 42.0 Å². The molecule has 2 rings (SSSR count). The minimum absolute atomic E-state index is 0.0527. The zero-order valence-corrected chi connectivity index (χ0v) is 12.8. The third kappa shape index (κ3) is 4.36. The summed E-state index contributed by atoms with van der Waals surface area (Å²) in [6.45, 7) is 1.96. The molecular formula is C14H13BrN2OS. The maximum absolute atomic E-state index is 11.8. The molecule has 1 heterocycles. The molecule has 3 nitrogen and oxygen atoms in total. The molecule has 98 valence electrons. The van der Waals surface area contributed by atoms with E-state index in [0.29, 0.717) is 11.6 Å². The highest BCUT2D eigenvalue weighted by atomic mass is 79.9. The predicted octanol–water partition coefficient (Wildman–Crippen LogP) is 3.88. The van der Waals surface area contributed by atoms with Crippen molar-refractivity contribution in [2.24, 2.45) is 0 Å². The molecular weight excluding hydrogens is 324 g/mol. The van der Waals surface area contributed by atoms with Crippen LogP contribution in [0.2, 0.25) is 0 Å². The number of aromatic nitrogens is 1. The summed E-state index contributed by atoms with van der Waals surface area (Å²) in [5.74, 6) is 0.906. The number of nitrogens with zero attached hydrogens (tertiary/aromatic N) is 1. The van der Waals surface area contributed by atoms with E-state index in [1.54, 1.807) is 6.20 Å². The van der Waals surface area contributed by atoms with Gasteiger partial charge in [0.25, 0.3) is 0 Å². The zero-order valence-electron chi connectivity index (χ0n) is 10.4. The van der Waals surface area contributed by atoms with E-state index in [4.69, 9.17) is 0 Å². The lowest BCUT2D eigenvalue weighted by Crippen LogP contribution is -2.15. The van der Waals surface area contributed by atoms with Crippen LogP contribution >= 0.6 is 27.7 Å². The number of benzene rings is 1. The Morgan fingerprint density at radius 2 is 2.11 bits per heavy atom. The largest absolute Gasteiger partial charge is 0.310 e. The van der Waals surface area contributed by atoms with Gasteiger partial charge in [-0.3, -0.25) is 4.79 Å². The maximum atomic E-state index is 11.8. The number of nitrogens with one attached hydrogen (secondary N) is 1. The van der Waals surface area contributed by atoms with Gasteiger partial charge in [-0.15, -0.1) is 11.8 Å². The molecule has 0 unspecified atom stereocenters. The Bertz CT molecular complexity index is 575. The molecule has 0 saturated heterocycles. The van der Waals surface area contributed by atoms with E-state index in [1.807, 2.05) is 43.3 Å². The number of hydrogen-bond acceptors (Lipinski definition) is 3. The lowest BCUT2D eigenvalue weighted by Gasteiger charge is -2.06. The fourth-order valence-electron chi connectivity index (χ4n) is 1.45. The normalized spacial score (nSPS) is 10.2. The van der Waals surface area contributed by atoms with Gasteiger partial charge in [0.1, 0.15) is 5.82 Å². The van der Waals surface area contributed by atoms with E-state index in [1.165, 1.54) is 11.8 Å². The van der Waals surface area contributed by atoms with Crippen LogP contribution in [-0.2, 0) is 4.79 Å². The Hall–Kier alpha value is -1.33. The highest BCUT2D eigenvalue weighted by Gasteiger charge is 2.05. The third-order valence-electron chi connectivity index (χ3n) is 2.43. The van der Waals surface area contributed by atoms with Crippen molar-refractivity contribution < 1.29 is 4.79 Å². The van der Waals surface area contributed by atoms with Crippen molar-refractivity contribution in [1.29, 1.82) is 0 Å². The number of halogens is 1. The molecule has 0 bridgehead atoms. The molecule has 5 heteroatoms. The van der Waals surface area contributed by atoms with Gasteiger partial charge in [-0.2, -0.15) is 0 Å². The zero-order chi connectivity index (χ0) is 13.7. The molecule has 0 aliphatic rings. The van der Waals surface area contributed by atoms with Gasteiger partial charge in [0, 0.05) is 15.6 Å². The lowest BCUT2D eigenvalue weighted by molar-refractivity contribution is -0.113. The summed E-state index contributed by atoms with van der Waals surface area (Å²) in [4.78, 5) is 17.0. The van der Waals surface area contributed by atoms with Crippen molar-refractivity contribution in [3.8, 4) is 0 Å². The van der Waals surface area contributed by atoms with E-state index < -0.39 is 0 Å². The number of thioether (sulfide) groups is 1. The van der Waals surface area contributed by atoms with Crippen LogP contribution in [0, 0.1) is 6.92 Å². The van der Waals surface area contributed by atoms with Crippen molar-refractivity contribution in [3.05, 3.63) is 52.6 Å². The molecule has 1 aromatic heterocycles. The number of hydrogen-bond donors (Lipinski definition) is 1. The van der Waals surface area contributed by atoms with Crippen LogP contribution in [0.3, 0.4) is 0 Å². The van der Waals surface area contributed by atoms with Crippen molar-refractivity contribution in [3.63, 3.8) is 0 Å². The lowest BCUT2D eigenvalue weighted by atomic mass is 10.3. The van der Waals surface area contributed by atoms with E-state index in [-0.39, 0.29) is 5.91 Å². The summed E-state index contributed by atoms with van der Waals surface area (Å²) in [5, 5.41) is 2.79. The summed E-state index contributed by atoms with van der Waals surface area (Å²) in [6.07, 6.45) is 1.69. The molecule has 1 aromatic carbocycles. The molecule has 2 aromatic rings. The molecule has 0 aliphatic heterocycles. The number of amides is 1. The van der Waals surface area contributed by atoms with Crippen molar-refractivity contribution in [1.82, 2.24) is 4.98 Å². The van der Waals surface area contributed by atoms with Crippen LogP contribution in [0.4, 0.5) is 5.82 Å². The molecule has 0 spiro atoms. The second-order valence-electron chi connectivity index (χ2n) is 3.97. The average Bonchev–Trinajstić information content (AvgIpc) is 2.42. The first-order chi connectivity index (χ1) is 9.15. The third-order valence-corrected chi connectivity index (χ3v) is 4.27. The smallest absolute Gasteiger partial charge is 0.235 e. The highest BCUT2D eigenvalue weighted by Crippen LogP contribution is 2.19. The van der Waals surface area contributed by atoms with Gasteiger partial charge in [-0.25, -0.2) is 4.98 Å². The second kappa shape index (κ2) is 6.73. The minimum Gasteiger partial charge on any atom is -0.310 e. The molecule has 19 heavy (non-hydrogen) atoms. The van der Waals surface area contributed by atoms with Gasteiger partial charge in [0.15, 0.2) is 0 Å². The Morgan fingerprint density at radius 3 is 2.79 bits per heavy atom. The number of aryl methyl sites for hydroxylation is 1. The van der Waals surface area contributed by atoms with Gasteiger partial charge in [-0.1, -0.05) is 18.2 Å². The maximum Gasteiger partial charge on any atom is 0.235 e. The summed E-state index contributed by atoms with van der Waals surface area (Å²) in [7, 11) is 0. The van der Waals surface area contributed by atoms with Crippen LogP contribution in [0.25, 0.3) is 0 Å². The van der Waals surface area contributed by atoms with Gasteiger partial charge in [0.05, 0.1) is 5.75 Å². The Kier molecular flexibility index (Phi) is 4.99. The molecule has 0 atom stereocenters. The van der Waals surface area contributed by atoms with Crippen molar-refractivity contribution in [2.75, 3.05) is 11.1 Å². The first-order valence-electron chi connectivity index (χ1n) is 5.75. The first-order valence-corrected chi connectivity index (χ1v) is 7.53. The van der Waals surface area contributed by atoms with Gasteiger partial charge < -0.3 is 5.32 Å². The standard InChI is InChI=1S/C14H13BrN2OS/c1-10-7-13(16-8-12(10)15)17-14(18)9-19-11-5-3-2-4-6-11/h2-8H,9H2,1H3,(H,16,17,18). The Morgan fingerprint density at radius 1 is 1.37 bits per heavy atom. The minimum atomic E-state index is -0.0527. The van der Waals surface area contributed by atoms with E-state index in [9.17, 15) is 4.79 Å². The quantitative estimate of drug-likeness (QED) is 0.861. The Balaban J connectivity index is 1.89. The summed E-state index contributed by atoms with van der Waals surface area (Å²) in [5.41, 5.74) is 1.04. The van der Waals surface area contributed by atoms with Crippen LogP contribution in [-0.4, -0.2) is 16.6 Å². The first kappa shape index (κ1) is 14.1.